The first kappa shape index (κ1) is 19.6. The quantitative estimate of drug-likeness (QED) is 0.516. The van der Waals surface area contributed by atoms with Gasteiger partial charge in [-0.05, 0) is 19.4 Å². The summed E-state index contributed by atoms with van der Waals surface area (Å²) in [6.45, 7) is 3.41. The average molecular weight is 222 g/mol. The number of carboxylic acid groups (broad SMARTS) is 1. The number of aliphatic carboxylic acids is 1. The first-order chi connectivity index (χ1) is 7.07. The van der Waals surface area contributed by atoms with Crippen molar-refractivity contribution in [3.8, 4) is 0 Å². The molecule has 0 heterocycles. The Morgan fingerprint density at radius 1 is 1.27 bits per heavy atom. The van der Waals surface area contributed by atoms with Gasteiger partial charge >= 0.3 is 5.97 Å². The van der Waals surface area contributed by atoms with Gasteiger partial charge in [-0.25, -0.2) is 4.79 Å². The fourth-order valence-corrected chi connectivity index (χ4v) is 0.739. The van der Waals surface area contributed by atoms with Crippen LogP contribution in [0, 0.1) is 0 Å². The van der Waals surface area contributed by atoms with E-state index in [1.54, 1.807) is 0 Å². The highest BCUT2D eigenvalue weighted by atomic mass is 16.4. The Balaban J connectivity index is -0.000000318. The van der Waals surface area contributed by atoms with Crippen LogP contribution in [0.3, 0.4) is 0 Å². The molecule has 0 saturated carbocycles. The van der Waals surface area contributed by atoms with Crippen molar-refractivity contribution >= 4 is 5.97 Å². The zero-order valence-electron chi connectivity index (χ0n) is 9.77. The van der Waals surface area contributed by atoms with Gasteiger partial charge in [-0.2, -0.15) is 0 Å². The van der Waals surface area contributed by atoms with Crippen LogP contribution in [0.2, 0.25) is 0 Å². The number of aliphatic hydroxyl groups excluding tert-OH is 3. The van der Waals surface area contributed by atoms with E-state index in [-0.39, 0.29) is 5.57 Å². The van der Waals surface area contributed by atoms with Crippen molar-refractivity contribution in [3.63, 3.8) is 0 Å². The van der Waals surface area contributed by atoms with E-state index < -0.39 is 12.1 Å². The SMILES string of the molecule is CCCC(O)C=C(C)C(=O)O.CO.CO. The fraction of sp³-hybridized carbons (Fsp3) is 0.700. The number of aliphatic hydroxyl groups is 3. The average Bonchev–Trinajstić information content (AvgIpc) is 2.24. The van der Waals surface area contributed by atoms with Crippen LogP contribution in [0.4, 0.5) is 0 Å². The maximum absolute atomic E-state index is 10.3. The Kier molecular flexibility index (Phi) is 20.4. The molecule has 0 radical (unpaired) electrons. The molecule has 0 aromatic rings. The van der Waals surface area contributed by atoms with E-state index in [1.165, 1.54) is 13.0 Å². The summed E-state index contributed by atoms with van der Waals surface area (Å²) in [6.07, 6.45) is 2.22. The van der Waals surface area contributed by atoms with Crippen LogP contribution in [0.5, 0.6) is 0 Å². The summed E-state index contributed by atoms with van der Waals surface area (Å²) in [4.78, 5) is 10.3. The Bertz CT molecular complexity index is 165. The summed E-state index contributed by atoms with van der Waals surface area (Å²) in [5, 5.41) is 31.5. The van der Waals surface area contributed by atoms with Crippen LogP contribution in [-0.4, -0.2) is 46.7 Å². The topological polar surface area (TPSA) is 98.0 Å². The molecule has 4 N–H and O–H groups in total. The van der Waals surface area contributed by atoms with Crippen LogP contribution in [0.15, 0.2) is 11.6 Å². The molecule has 0 saturated heterocycles. The van der Waals surface area contributed by atoms with Crippen molar-refractivity contribution in [2.75, 3.05) is 14.2 Å². The molecule has 1 unspecified atom stereocenters. The fourth-order valence-electron chi connectivity index (χ4n) is 0.739. The molecule has 0 fully saturated rings. The van der Waals surface area contributed by atoms with Crippen molar-refractivity contribution in [1.82, 2.24) is 0 Å². The highest BCUT2D eigenvalue weighted by Gasteiger charge is 2.03. The summed E-state index contributed by atoms with van der Waals surface area (Å²) < 4.78 is 0. The highest BCUT2D eigenvalue weighted by molar-refractivity contribution is 5.85. The largest absolute Gasteiger partial charge is 0.478 e. The number of carboxylic acids is 1. The zero-order valence-corrected chi connectivity index (χ0v) is 9.77. The molecule has 15 heavy (non-hydrogen) atoms. The molecule has 0 aliphatic carbocycles. The van der Waals surface area contributed by atoms with Gasteiger partial charge in [0.2, 0.25) is 0 Å². The molecular weight excluding hydrogens is 200 g/mol. The summed E-state index contributed by atoms with van der Waals surface area (Å²) >= 11 is 0. The summed E-state index contributed by atoms with van der Waals surface area (Å²) in [6, 6.07) is 0. The maximum atomic E-state index is 10.3. The van der Waals surface area contributed by atoms with Gasteiger partial charge in [-0.3, -0.25) is 0 Å². The van der Waals surface area contributed by atoms with Crippen LogP contribution >= 0.6 is 0 Å². The highest BCUT2D eigenvalue weighted by Crippen LogP contribution is 2.01. The van der Waals surface area contributed by atoms with Crippen molar-refractivity contribution in [2.45, 2.75) is 32.8 Å². The van der Waals surface area contributed by atoms with Gasteiger partial charge in [0.15, 0.2) is 0 Å². The predicted molar refractivity (Wildman–Crippen MR) is 58.6 cm³/mol. The van der Waals surface area contributed by atoms with Crippen molar-refractivity contribution < 1.29 is 25.2 Å². The van der Waals surface area contributed by atoms with Gasteiger partial charge in [-0.1, -0.05) is 13.3 Å². The minimum absolute atomic E-state index is 0.200. The molecule has 1 atom stereocenters. The lowest BCUT2D eigenvalue weighted by Crippen LogP contribution is -2.05. The Labute approximate surface area is 90.7 Å². The molecule has 0 aliphatic heterocycles. The normalized spacial score (nSPS) is 11.5. The van der Waals surface area contributed by atoms with E-state index in [0.29, 0.717) is 6.42 Å². The van der Waals surface area contributed by atoms with Crippen LogP contribution in [-0.2, 0) is 4.79 Å². The van der Waals surface area contributed by atoms with Gasteiger partial charge in [0, 0.05) is 19.8 Å². The molecule has 0 spiro atoms. The lowest BCUT2D eigenvalue weighted by Gasteiger charge is -2.02. The van der Waals surface area contributed by atoms with E-state index in [2.05, 4.69) is 0 Å². The Morgan fingerprint density at radius 3 is 1.93 bits per heavy atom. The van der Waals surface area contributed by atoms with E-state index in [0.717, 1.165) is 20.6 Å². The number of rotatable bonds is 4. The Morgan fingerprint density at radius 2 is 1.67 bits per heavy atom. The van der Waals surface area contributed by atoms with Crippen LogP contribution in [0.1, 0.15) is 26.7 Å². The molecule has 0 amide bonds. The van der Waals surface area contributed by atoms with Gasteiger partial charge < -0.3 is 20.4 Å². The third-order valence-electron chi connectivity index (χ3n) is 1.36. The van der Waals surface area contributed by atoms with E-state index >= 15 is 0 Å². The summed E-state index contributed by atoms with van der Waals surface area (Å²) in [5.41, 5.74) is 0.200. The molecular formula is C10H22O5. The summed E-state index contributed by atoms with van der Waals surface area (Å²) in [5.74, 6) is -0.972. The second-order valence-electron chi connectivity index (χ2n) is 2.51. The van der Waals surface area contributed by atoms with Gasteiger partial charge in [0.25, 0.3) is 0 Å². The van der Waals surface area contributed by atoms with E-state index in [9.17, 15) is 4.79 Å². The predicted octanol–water partition coefficient (Wildman–Crippen LogP) is 0.395. The molecule has 5 heteroatoms. The lowest BCUT2D eigenvalue weighted by molar-refractivity contribution is -0.132. The van der Waals surface area contributed by atoms with E-state index in [4.69, 9.17) is 20.4 Å². The number of hydrogen-bond acceptors (Lipinski definition) is 4. The molecule has 0 rings (SSSR count). The first-order valence-electron chi connectivity index (χ1n) is 4.57. The van der Waals surface area contributed by atoms with Crippen LogP contribution in [0.25, 0.3) is 0 Å². The first-order valence-corrected chi connectivity index (χ1v) is 4.57. The molecule has 0 aromatic carbocycles. The van der Waals surface area contributed by atoms with Gasteiger partial charge in [0.05, 0.1) is 6.10 Å². The van der Waals surface area contributed by atoms with Crippen molar-refractivity contribution in [3.05, 3.63) is 11.6 Å². The molecule has 0 bridgehead atoms. The summed E-state index contributed by atoms with van der Waals surface area (Å²) in [7, 11) is 2.00. The van der Waals surface area contributed by atoms with Gasteiger partial charge in [0.1, 0.15) is 0 Å². The van der Waals surface area contributed by atoms with Crippen molar-refractivity contribution in [2.24, 2.45) is 0 Å². The smallest absolute Gasteiger partial charge is 0.331 e. The molecule has 0 aliphatic rings. The maximum Gasteiger partial charge on any atom is 0.331 e. The Hall–Kier alpha value is -0.910. The standard InChI is InChI=1S/C8H14O3.2CH4O/c1-3-4-7(9)5-6(2)8(10)11;2*1-2/h5,7,9H,3-4H2,1-2H3,(H,10,11);2*2H,1H3. The van der Waals surface area contributed by atoms with Gasteiger partial charge in [-0.15, -0.1) is 0 Å². The molecule has 92 valence electrons. The number of carbonyl (C=O) groups is 1. The third kappa shape index (κ3) is 15.8. The monoisotopic (exact) mass is 222 g/mol. The number of hydrogen-bond donors (Lipinski definition) is 4. The van der Waals surface area contributed by atoms with E-state index in [1.807, 2.05) is 6.92 Å². The molecule has 0 aromatic heterocycles. The van der Waals surface area contributed by atoms with Crippen molar-refractivity contribution in [1.29, 1.82) is 0 Å². The minimum Gasteiger partial charge on any atom is -0.478 e. The molecule has 5 nitrogen and oxygen atoms in total. The second-order valence-corrected chi connectivity index (χ2v) is 2.51. The second kappa shape index (κ2) is 15.6. The zero-order chi connectivity index (χ0) is 12.9. The third-order valence-corrected chi connectivity index (χ3v) is 1.36. The minimum atomic E-state index is -0.972. The lowest BCUT2D eigenvalue weighted by atomic mass is 10.1. The van der Waals surface area contributed by atoms with Crippen LogP contribution < -0.4 is 0 Å².